The summed E-state index contributed by atoms with van der Waals surface area (Å²) in [7, 11) is 1.71. The van der Waals surface area contributed by atoms with E-state index < -0.39 is 5.82 Å². The zero-order valence-electron chi connectivity index (χ0n) is 15.4. The average molecular weight is 359 g/mol. The van der Waals surface area contributed by atoms with Crippen molar-refractivity contribution < 1.29 is 13.9 Å². The van der Waals surface area contributed by atoms with Crippen LogP contribution >= 0.6 is 0 Å². The van der Waals surface area contributed by atoms with Crippen LogP contribution in [0.2, 0.25) is 0 Å². The van der Waals surface area contributed by atoms with Crippen molar-refractivity contribution in [2.24, 2.45) is 13.0 Å². The maximum Gasteiger partial charge on any atom is 0.269 e. The number of ether oxygens (including phenoxy) is 1. The maximum atomic E-state index is 14.7. The number of halogens is 1. The van der Waals surface area contributed by atoms with Crippen molar-refractivity contribution in [3.05, 3.63) is 47.0 Å². The predicted octanol–water partition coefficient (Wildman–Crippen LogP) is 3.76. The number of aromatic nitrogens is 2. The third-order valence-electron chi connectivity index (χ3n) is 4.92. The Balaban J connectivity index is 1.59. The second-order valence-corrected chi connectivity index (χ2v) is 7.02. The lowest BCUT2D eigenvalue weighted by molar-refractivity contribution is 0.0941. The summed E-state index contributed by atoms with van der Waals surface area (Å²) in [5, 5.41) is 6.90. The standard InChI is InChI=1S/C20H26FN3O2/c1-14-11-17(24(2)23-14)20(25)22-12-16-9-6-10-18(19(16)21)26-13-15-7-4-3-5-8-15/h6,9-11,15H,3-5,7-8,12-13H2,1-2H3,(H,22,25). The lowest BCUT2D eigenvalue weighted by atomic mass is 9.90. The Hall–Kier alpha value is -2.37. The van der Waals surface area contributed by atoms with E-state index in [4.69, 9.17) is 4.74 Å². The Bertz CT molecular complexity index is 766. The monoisotopic (exact) mass is 359 g/mol. The van der Waals surface area contributed by atoms with Crippen LogP contribution in [-0.4, -0.2) is 22.3 Å². The first kappa shape index (κ1) is 18.4. The summed E-state index contributed by atoms with van der Waals surface area (Å²) in [5.41, 5.74) is 1.63. The Morgan fingerprint density at radius 3 is 2.81 bits per heavy atom. The fourth-order valence-electron chi connectivity index (χ4n) is 3.45. The molecule has 1 aromatic carbocycles. The van der Waals surface area contributed by atoms with Crippen LogP contribution in [0, 0.1) is 18.7 Å². The van der Waals surface area contributed by atoms with Gasteiger partial charge in [0.1, 0.15) is 5.69 Å². The number of nitrogens with zero attached hydrogens (tertiary/aromatic N) is 2. The van der Waals surface area contributed by atoms with Gasteiger partial charge in [-0.2, -0.15) is 5.10 Å². The molecule has 0 bridgehead atoms. The van der Waals surface area contributed by atoms with Crippen LogP contribution in [0.5, 0.6) is 5.75 Å². The number of carbonyl (C=O) groups is 1. The van der Waals surface area contributed by atoms with Crippen LogP contribution in [0.15, 0.2) is 24.3 Å². The molecule has 1 N–H and O–H groups in total. The molecule has 1 heterocycles. The van der Waals surface area contributed by atoms with Gasteiger partial charge >= 0.3 is 0 Å². The molecule has 1 aromatic heterocycles. The van der Waals surface area contributed by atoms with E-state index in [9.17, 15) is 9.18 Å². The molecule has 0 aliphatic heterocycles. The van der Waals surface area contributed by atoms with Crippen LogP contribution in [0.3, 0.4) is 0 Å². The van der Waals surface area contributed by atoms with Gasteiger partial charge in [-0.3, -0.25) is 9.48 Å². The normalized spacial score (nSPS) is 15.0. The van der Waals surface area contributed by atoms with Crippen molar-refractivity contribution >= 4 is 5.91 Å². The molecular weight excluding hydrogens is 333 g/mol. The molecule has 0 spiro atoms. The third kappa shape index (κ3) is 4.42. The number of benzene rings is 1. The van der Waals surface area contributed by atoms with E-state index in [0.717, 1.165) is 18.5 Å². The lowest BCUT2D eigenvalue weighted by Gasteiger charge is -2.22. The van der Waals surface area contributed by atoms with E-state index in [1.54, 1.807) is 31.3 Å². The van der Waals surface area contributed by atoms with E-state index in [1.165, 1.54) is 23.9 Å². The Morgan fingerprint density at radius 1 is 1.35 bits per heavy atom. The van der Waals surface area contributed by atoms with Crippen molar-refractivity contribution in [2.45, 2.75) is 45.6 Å². The van der Waals surface area contributed by atoms with Gasteiger partial charge in [0.15, 0.2) is 11.6 Å². The molecule has 0 atom stereocenters. The van der Waals surface area contributed by atoms with Gasteiger partial charge in [-0.1, -0.05) is 31.4 Å². The summed E-state index contributed by atoms with van der Waals surface area (Å²) < 4.78 is 21.9. The van der Waals surface area contributed by atoms with E-state index in [-0.39, 0.29) is 18.2 Å². The second kappa shape index (κ2) is 8.34. The molecular formula is C20H26FN3O2. The number of hydrogen-bond donors (Lipinski definition) is 1. The van der Waals surface area contributed by atoms with Gasteiger partial charge in [-0.25, -0.2) is 4.39 Å². The molecule has 6 heteroatoms. The molecule has 1 saturated carbocycles. The Labute approximate surface area is 153 Å². The van der Waals surface area contributed by atoms with Gasteiger partial charge in [-0.15, -0.1) is 0 Å². The molecule has 5 nitrogen and oxygen atoms in total. The Kier molecular flexibility index (Phi) is 5.91. The van der Waals surface area contributed by atoms with E-state index in [1.807, 2.05) is 6.92 Å². The van der Waals surface area contributed by atoms with Crippen LogP contribution < -0.4 is 10.1 Å². The molecule has 0 unspecified atom stereocenters. The summed E-state index contributed by atoms with van der Waals surface area (Å²) in [6.07, 6.45) is 6.06. The average Bonchev–Trinajstić information content (AvgIpc) is 2.99. The smallest absolute Gasteiger partial charge is 0.269 e. The molecule has 1 aliphatic rings. The largest absolute Gasteiger partial charge is 0.490 e. The summed E-state index contributed by atoms with van der Waals surface area (Å²) in [5.74, 6) is 0.101. The van der Waals surface area contributed by atoms with Crippen molar-refractivity contribution in [3.63, 3.8) is 0 Å². The number of hydrogen-bond acceptors (Lipinski definition) is 3. The lowest BCUT2D eigenvalue weighted by Crippen LogP contribution is -2.25. The van der Waals surface area contributed by atoms with Gasteiger partial charge in [0, 0.05) is 19.2 Å². The minimum Gasteiger partial charge on any atom is -0.490 e. The van der Waals surface area contributed by atoms with E-state index in [2.05, 4.69) is 10.4 Å². The zero-order valence-corrected chi connectivity index (χ0v) is 15.4. The van der Waals surface area contributed by atoms with Crippen LogP contribution in [-0.2, 0) is 13.6 Å². The highest BCUT2D eigenvalue weighted by atomic mass is 19.1. The maximum absolute atomic E-state index is 14.7. The van der Waals surface area contributed by atoms with Crippen molar-refractivity contribution in [3.8, 4) is 5.75 Å². The van der Waals surface area contributed by atoms with Crippen LogP contribution in [0.4, 0.5) is 4.39 Å². The minimum absolute atomic E-state index is 0.107. The fraction of sp³-hybridized carbons (Fsp3) is 0.500. The second-order valence-electron chi connectivity index (χ2n) is 7.02. The number of amides is 1. The highest BCUT2D eigenvalue weighted by Gasteiger charge is 2.17. The van der Waals surface area contributed by atoms with Crippen molar-refractivity contribution in [1.29, 1.82) is 0 Å². The zero-order chi connectivity index (χ0) is 18.5. The molecule has 0 radical (unpaired) electrons. The van der Waals surface area contributed by atoms with Gasteiger partial charge in [0.2, 0.25) is 0 Å². The minimum atomic E-state index is -0.398. The van der Waals surface area contributed by atoms with Crippen LogP contribution in [0.1, 0.15) is 53.8 Å². The summed E-state index contributed by atoms with van der Waals surface area (Å²) in [4.78, 5) is 12.3. The fourth-order valence-corrected chi connectivity index (χ4v) is 3.45. The van der Waals surface area contributed by atoms with Gasteiger partial charge in [-0.05, 0) is 37.8 Å². The predicted molar refractivity (Wildman–Crippen MR) is 97.6 cm³/mol. The molecule has 26 heavy (non-hydrogen) atoms. The van der Waals surface area contributed by atoms with Gasteiger partial charge in [0.25, 0.3) is 5.91 Å². The molecule has 1 amide bonds. The first-order valence-electron chi connectivity index (χ1n) is 9.23. The van der Waals surface area contributed by atoms with Crippen molar-refractivity contribution in [2.75, 3.05) is 6.61 Å². The molecule has 1 aliphatic carbocycles. The van der Waals surface area contributed by atoms with Gasteiger partial charge < -0.3 is 10.1 Å². The molecule has 1 fully saturated rings. The highest BCUT2D eigenvalue weighted by molar-refractivity contribution is 5.92. The topological polar surface area (TPSA) is 56.1 Å². The van der Waals surface area contributed by atoms with E-state index in [0.29, 0.717) is 23.8 Å². The Morgan fingerprint density at radius 2 is 2.12 bits per heavy atom. The molecule has 0 saturated heterocycles. The number of carbonyl (C=O) groups excluding carboxylic acids is 1. The van der Waals surface area contributed by atoms with Crippen LogP contribution in [0.25, 0.3) is 0 Å². The first-order chi connectivity index (χ1) is 12.5. The summed E-state index contributed by atoms with van der Waals surface area (Å²) >= 11 is 0. The summed E-state index contributed by atoms with van der Waals surface area (Å²) in [6.45, 7) is 2.49. The molecule has 140 valence electrons. The summed E-state index contributed by atoms with van der Waals surface area (Å²) in [6, 6.07) is 6.77. The molecule has 2 aromatic rings. The highest BCUT2D eigenvalue weighted by Crippen LogP contribution is 2.26. The quantitative estimate of drug-likeness (QED) is 0.854. The number of aryl methyl sites for hydroxylation is 2. The first-order valence-corrected chi connectivity index (χ1v) is 9.23. The third-order valence-corrected chi connectivity index (χ3v) is 4.92. The SMILES string of the molecule is Cc1cc(C(=O)NCc2cccc(OCC3CCCCC3)c2F)n(C)n1. The molecule has 3 rings (SSSR count). The van der Waals surface area contributed by atoms with Gasteiger partial charge in [0.05, 0.1) is 12.3 Å². The number of nitrogens with one attached hydrogen (secondary N) is 1. The number of rotatable bonds is 6. The van der Waals surface area contributed by atoms with Crippen molar-refractivity contribution in [1.82, 2.24) is 15.1 Å². The van der Waals surface area contributed by atoms with E-state index >= 15 is 0 Å².